The first-order valence-corrected chi connectivity index (χ1v) is 7.14. The molecule has 118 valence electrons. The predicted octanol–water partition coefficient (Wildman–Crippen LogP) is 2.88. The lowest BCUT2D eigenvalue weighted by atomic mass is 10.1. The van der Waals surface area contributed by atoms with Gasteiger partial charge in [0.1, 0.15) is 12.0 Å². The summed E-state index contributed by atoms with van der Waals surface area (Å²) in [4.78, 5) is 23.3. The average Bonchev–Trinajstić information content (AvgIpc) is 3.04. The SMILES string of the molecule is CCOc1ccc(C=O)cc1NC(=O)c1ccc2c(c1)OCO2. The number of amides is 1. The molecule has 0 bridgehead atoms. The summed E-state index contributed by atoms with van der Waals surface area (Å²) < 4.78 is 16.0. The van der Waals surface area contributed by atoms with E-state index in [1.807, 2.05) is 6.92 Å². The first-order chi connectivity index (χ1) is 11.2. The molecule has 6 heteroatoms. The minimum atomic E-state index is -0.327. The predicted molar refractivity (Wildman–Crippen MR) is 83.5 cm³/mol. The fraction of sp³-hybridized carbons (Fsp3) is 0.176. The van der Waals surface area contributed by atoms with E-state index in [-0.39, 0.29) is 12.7 Å². The van der Waals surface area contributed by atoms with Crippen LogP contribution in [0.15, 0.2) is 36.4 Å². The molecule has 1 heterocycles. The van der Waals surface area contributed by atoms with Gasteiger partial charge in [0.2, 0.25) is 6.79 Å². The van der Waals surface area contributed by atoms with Crippen LogP contribution in [-0.4, -0.2) is 25.6 Å². The van der Waals surface area contributed by atoms with E-state index in [1.54, 1.807) is 36.4 Å². The Bertz CT molecular complexity index is 757. The van der Waals surface area contributed by atoms with E-state index in [1.165, 1.54) is 0 Å². The van der Waals surface area contributed by atoms with Crippen molar-refractivity contribution in [3.8, 4) is 17.2 Å². The zero-order valence-electron chi connectivity index (χ0n) is 12.5. The van der Waals surface area contributed by atoms with Crippen molar-refractivity contribution in [2.45, 2.75) is 6.92 Å². The smallest absolute Gasteiger partial charge is 0.255 e. The molecule has 0 saturated carbocycles. The second-order valence-electron chi connectivity index (χ2n) is 4.83. The standard InChI is InChI=1S/C17H15NO5/c1-2-21-14-5-3-11(9-19)7-13(14)18-17(20)12-4-6-15-16(8-12)23-10-22-15/h3-9H,2,10H2,1H3,(H,18,20). The van der Waals surface area contributed by atoms with E-state index in [9.17, 15) is 9.59 Å². The lowest BCUT2D eigenvalue weighted by Gasteiger charge is -2.12. The van der Waals surface area contributed by atoms with Crippen molar-refractivity contribution >= 4 is 17.9 Å². The molecule has 1 N–H and O–H groups in total. The summed E-state index contributed by atoms with van der Waals surface area (Å²) in [5.74, 6) is 1.32. The second kappa shape index (κ2) is 6.39. The lowest BCUT2D eigenvalue weighted by Crippen LogP contribution is -2.13. The van der Waals surface area contributed by atoms with Gasteiger partial charge in [-0.3, -0.25) is 9.59 Å². The molecule has 0 spiro atoms. The number of fused-ring (bicyclic) bond motifs is 1. The number of anilines is 1. The maximum atomic E-state index is 12.4. The van der Waals surface area contributed by atoms with Crippen LogP contribution < -0.4 is 19.5 Å². The van der Waals surface area contributed by atoms with Gasteiger partial charge in [0, 0.05) is 11.1 Å². The summed E-state index contributed by atoms with van der Waals surface area (Å²) >= 11 is 0. The van der Waals surface area contributed by atoms with Crippen LogP contribution in [0.25, 0.3) is 0 Å². The summed E-state index contributed by atoms with van der Waals surface area (Å²) in [6.45, 7) is 2.45. The Morgan fingerprint density at radius 3 is 2.83 bits per heavy atom. The summed E-state index contributed by atoms with van der Waals surface area (Å²) in [7, 11) is 0. The summed E-state index contributed by atoms with van der Waals surface area (Å²) in [6, 6.07) is 9.80. The minimum Gasteiger partial charge on any atom is -0.492 e. The van der Waals surface area contributed by atoms with E-state index >= 15 is 0 Å². The van der Waals surface area contributed by atoms with Gasteiger partial charge in [-0.1, -0.05) is 0 Å². The highest BCUT2D eigenvalue weighted by Gasteiger charge is 2.17. The number of hydrogen-bond donors (Lipinski definition) is 1. The molecule has 0 aliphatic carbocycles. The molecule has 2 aromatic carbocycles. The van der Waals surface area contributed by atoms with Crippen molar-refractivity contribution < 1.29 is 23.8 Å². The van der Waals surface area contributed by atoms with Crippen molar-refractivity contribution in [2.75, 3.05) is 18.7 Å². The average molecular weight is 313 g/mol. The molecule has 0 atom stereocenters. The van der Waals surface area contributed by atoms with Crippen LogP contribution in [0.3, 0.4) is 0 Å². The third-order valence-electron chi connectivity index (χ3n) is 3.32. The number of benzene rings is 2. The van der Waals surface area contributed by atoms with Crippen molar-refractivity contribution in [3.05, 3.63) is 47.5 Å². The van der Waals surface area contributed by atoms with Crippen molar-refractivity contribution in [1.82, 2.24) is 0 Å². The normalized spacial score (nSPS) is 11.9. The van der Waals surface area contributed by atoms with Crippen LogP contribution in [0, 0.1) is 0 Å². The van der Waals surface area contributed by atoms with Crippen LogP contribution >= 0.6 is 0 Å². The van der Waals surface area contributed by atoms with Gasteiger partial charge >= 0.3 is 0 Å². The third kappa shape index (κ3) is 3.11. The third-order valence-corrected chi connectivity index (χ3v) is 3.32. The Hall–Kier alpha value is -3.02. The van der Waals surface area contributed by atoms with Crippen LogP contribution in [0.4, 0.5) is 5.69 Å². The molecule has 0 saturated heterocycles. The number of carbonyl (C=O) groups is 2. The van der Waals surface area contributed by atoms with Crippen molar-refractivity contribution in [3.63, 3.8) is 0 Å². The van der Waals surface area contributed by atoms with Crippen molar-refractivity contribution in [1.29, 1.82) is 0 Å². The van der Waals surface area contributed by atoms with Crippen LogP contribution in [0.5, 0.6) is 17.2 Å². The highest BCUT2D eigenvalue weighted by Crippen LogP contribution is 2.33. The Balaban J connectivity index is 1.85. The largest absolute Gasteiger partial charge is 0.492 e. The fourth-order valence-electron chi connectivity index (χ4n) is 2.23. The Labute approximate surface area is 133 Å². The van der Waals surface area contributed by atoms with E-state index < -0.39 is 0 Å². The molecule has 6 nitrogen and oxygen atoms in total. The highest BCUT2D eigenvalue weighted by molar-refractivity contribution is 6.05. The van der Waals surface area contributed by atoms with E-state index in [2.05, 4.69) is 5.32 Å². The molecule has 0 fully saturated rings. The van der Waals surface area contributed by atoms with Gasteiger partial charge < -0.3 is 19.5 Å². The van der Waals surface area contributed by atoms with Gasteiger partial charge in [-0.05, 0) is 43.3 Å². The zero-order chi connectivity index (χ0) is 16.2. The maximum Gasteiger partial charge on any atom is 0.255 e. The highest BCUT2D eigenvalue weighted by atomic mass is 16.7. The van der Waals surface area contributed by atoms with E-state index in [0.29, 0.717) is 47.0 Å². The summed E-state index contributed by atoms with van der Waals surface area (Å²) in [5.41, 5.74) is 1.32. The van der Waals surface area contributed by atoms with Gasteiger partial charge in [0.05, 0.1) is 12.3 Å². The molecule has 0 radical (unpaired) electrons. The Morgan fingerprint density at radius 1 is 1.22 bits per heavy atom. The van der Waals surface area contributed by atoms with Crippen LogP contribution in [0.1, 0.15) is 27.6 Å². The Morgan fingerprint density at radius 2 is 2.04 bits per heavy atom. The molecule has 3 rings (SSSR count). The molecule has 23 heavy (non-hydrogen) atoms. The molecule has 2 aromatic rings. The molecule has 1 aliphatic heterocycles. The van der Waals surface area contributed by atoms with Gasteiger partial charge in [-0.15, -0.1) is 0 Å². The fourth-order valence-corrected chi connectivity index (χ4v) is 2.23. The number of nitrogens with one attached hydrogen (secondary N) is 1. The van der Waals surface area contributed by atoms with Crippen LogP contribution in [0.2, 0.25) is 0 Å². The Kier molecular flexibility index (Phi) is 4.14. The molecular formula is C17H15NO5. The molecule has 1 amide bonds. The zero-order valence-corrected chi connectivity index (χ0v) is 12.5. The second-order valence-corrected chi connectivity index (χ2v) is 4.83. The lowest BCUT2D eigenvalue weighted by molar-refractivity contribution is 0.102. The van der Waals surface area contributed by atoms with E-state index in [4.69, 9.17) is 14.2 Å². The molecule has 0 aromatic heterocycles. The number of aldehydes is 1. The monoisotopic (exact) mass is 313 g/mol. The molecular weight excluding hydrogens is 298 g/mol. The first kappa shape index (κ1) is 14.9. The topological polar surface area (TPSA) is 73.9 Å². The first-order valence-electron chi connectivity index (χ1n) is 7.14. The van der Waals surface area contributed by atoms with Gasteiger partial charge in [0.15, 0.2) is 11.5 Å². The van der Waals surface area contributed by atoms with Gasteiger partial charge in [0.25, 0.3) is 5.91 Å². The van der Waals surface area contributed by atoms with Gasteiger partial charge in [-0.2, -0.15) is 0 Å². The number of carbonyl (C=O) groups excluding carboxylic acids is 2. The number of ether oxygens (including phenoxy) is 3. The number of rotatable bonds is 5. The summed E-state index contributed by atoms with van der Waals surface area (Å²) in [6.07, 6.45) is 0.714. The van der Waals surface area contributed by atoms with E-state index in [0.717, 1.165) is 0 Å². The minimum absolute atomic E-state index is 0.149. The van der Waals surface area contributed by atoms with Gasteiger partial charge in [-0.25, -0.2) is 0 Å². The number of hydrogen-bond acceptors (Lipinski definition) is 5. The molecule has 0 unspecified atom stereocenters. The van der Waals surface area contributed by atoms with Crippen molar-refractivity contribution in [2.24, 2.45) is 0 Å². The maximum absolute atomic E-state index is 12.4. The molecule has 1 aliphatic rings. The quantitative estimate of drug-likeness (QED) is 0.859. The summed E-state index contributed by atoms with van der Waals surface area (Å²) in [5, 5.41) is 2.76. The van der Waals surface area contributed by atoms with Crippen LogP contribution in [-0.2, 0) is 0 Å².